The fraction of sp³-hybridized carbons (Fsp3) is 0.857. The van der Waals surface area contributed by atoms with Crippen molar-refractivity contribution in [2.75, 3.05) is 26.4 Å². The van der Waals surface area contributed by atoms with Crippen LogP contribution < -0.4 is 5.73 Å². The number of hydrogen-bond donors (Lipinski definition) is 2. The second kappa shape index (κ2) is 39.2. The number of allylic oxidation sites excluding steroid dienone is 4. The highest BCUT2D eigenvalue weighted by molar-refractivity contribution is 7.47. The van der Waals surface area contributed by atoms with Crippen LogP contribution in [0.3, 0.4) is 0 Å². The molecular formula is C42H80NO8P. The number of unbranched alkanes of at least 4 members (excludes halogenated alkanes) is 23. The SMILES string of the molecule is CCCCCC=CCC=CCCCCCCCCCCCC(=O)O[C@H](COC(=O)CCCCCCCCCCCCCC)COP(=O)(O)OCCN. The Labute approximate surface area is 319 Å². The predicted molar refractivity (Wildman–Crippen MR) is 215 cm³/mol. The molecule has 306 valence electrons. The van der Waals surface area contributed by atoms with Gasteiger partial charge in [-0.15, -0.1) is 0 Å². The Balaban J connectivity index is 4.13. The molecule has 0 bridgehead atoms. The van der Waals surface area contributed by atoms with Crippen LogP contribution in [0.1, 0.15) is 200 Å². The zero-order valence-electron chi connectivity index (χ0n) is 33.6. The van der Waals surface area contributed by atoms with E-state index in [1.165, 1.54) is 116 Å². The third kappa shape index (κ3) is 38.2. The number of phosphoric acid groups is 1. The second-order valence-corrected chi connectivity index (χ2v) is 15.7. The van der Waals surface area contributed by atoms with E-state index < -0.39 is 26.5 Å². The largest absolute Gasteiger partial charge is 0.472 e. The van der Waals surface area contributed by atoms with E-state index in [2.05, 4.69) is 38.2 Å². The molecule has 0 fully saturated rings. The fourth-order valence-corrected chi connectivity index (χ4v) is 6.67. The zero-order chi connectivity index (χ0) is 38.2. The molecule has 0 heterocycles. The number of esters is 2. The molecule has 0 radical (unpaired) electrons. The van der Waals surface area contributed by atoms with E-state index in [-0.39, 0.29) is 38.6 Å². The third-order valence-electron chi connectivity index (χ3n) is 9.09. The summed E-state index contributed by atoms with van der Waals surface area (Å²) in [6.45, 7) is 3.71. The first kappa shape index (κ1) is 50.5. The van der Waals surface area contributed by atoms with E-state index in [1.54, 1.807) is 0 Å². The molecule has 0 saturated carbocycles. The lowest BCUT2D eigenvalue weighted by Gasteiger charge is -2.19. The first-order chi connectivity index (χ1) is 25.3. The number of ether oxygens (including phenoxy) is 2. The average Bonchev–Trinajstić information content (AvgIpc) is 3.13. The summed E-state index contributed by atoms with van der Waals surface area (Å²) < 4.78 is 32.7. The molecule has 0 rings (SSSR count). The highest BCUT2D eigenvalue weighted by Gasteiger charge is 2.26. The molecule has 0 aliphatic carbocycles. The van der Waals surface area contributed by atoms with Crippen molar-refractivity contribution in [3.63, 3.8) is 0 Å². The number of carbonyl (C=O) groups excluding carboxylic acids is 2. The molecule has 0 aliphatic heterocycles. The van der Waals surface area contributed by atoms with Gasteiger partial charge in [0, 0.05) is 19.4 Å². The first-order valence-electron chi connectivity index (χ1n) is 21.3. The van der Waals surface area contributed by atoms with E-state index >= 15 is 0 Å². The third-order valence-corrected chi connectivity index (χ3v) is 10.1. The van der Waals surface area contributed by atoms with Crippen LogP contribution in [0, 0.1) is 0 Å². The first-order valence-corrected chi connectivity index (χ1v) is 22.8. The molecule has 52 heavy (non-hydrogen) atoms. The van der Waals surface area contributed by atoms with Gasteiger partial charge in [0.1, 0.15) is 6.61 Å². The van der Waals surface area contributed by atoms with E-state index in [0.717, 1.165) is 51.4 Å². The van der Waals surface area contributed by atoms with Crippen LogP contribution in [0.4, 0.5) is 0 Å². The minimum absolute atomic E-state index is 0.0542. The molecule has 0 aliphatic rings. The second-order valence-electron chi connectivity index (χ2n) is 14.2. The van der Waals surface area contributed by atoms with Gasteiger partial charge in [0.15, 0.2) is 6.10 Å². The lowest BCUT2D eigenvalue weighted by molar-refractivity contribution is -0.161. The monoisotopic (exact) mass is 758 g/mol. The predicted octanol–water partition coefficient (Wildman–Crippen LogP) is 12.0. The zero-order valence-corrected chi connectivity index (χ0v) is 34.4. The lowest BCUT2D eigenvalue weighted by Crippen LogP contribution is -2.29. The summed E-state index contributed by atoms with van der Waals surface area (Å²) in [5.41, 5.74) is 5.34. The van der Waals surface area contributed by atoms with Gasteiger partial charge in [0.05, 0.1) is 13.2 Å². The number of phosphoric ester groups is 1. The van der Waals surface area contributed by atoms with Crippen LogP contribution in [0.2, 0.25) is 0 Å². The van der Waals surface area contributed by atoms with Gasteiger partial charge in [-0.3, -0.25) is 18.6 Å². The molecule has 0 aromatic rings. The van der Waals surface area contributed by atoms with Crippen LogP contribution in [0.15, 0.2) is 24.3 Å². The summed E-state index contributed by atoms with van der Waals surface area (Å²) in [6, 6.07) is 0. The van der Waals surface area contributed by atoms with Crippen LogP contribution >= 0.6 is 7.82 Å². The van der Waals surface area contributed by atoms with Crippen LogP contribution in [-0.2, 0) is 32.7 Å². The van der Waals surface area contributed by atoms with Crippen molar-refractivity contribution in [3.8, 4) is 0 Å². The number of rotatable bonds is 40. The molecule has 0 aromatic carbocycles. The normalized spacial score (nSPS) is 13.5. The molecule has 0 amide bonds. The maximum Gasteiger partial charge on any atom is 0.472 e. The summed E-state index contributed by atoms with van der Waals surface area (Å²) in [5.74, 6) is -0.828. The van der Waals surface area contributed by atoms with Crippen molar-refractivity contribution in [2.24, 2.45) is 5.73 Å². The van der Waals surface area contributed by atoms with Crippen LogP contribution in [-0.4, -0.2) is 49.3 Å². The Hall–Kier alpha value is -1.51. The molecular weight excluding hydrogens is 677 g/mol. The smallest absolute Gasteiger partial charge is 0.462 e. The van der Waals surface area contributed by atoms with Gasteiger partial charge < -0.3 is 20.1 Å². The van der Waals surface area contributed by atoms with Gasteiger partial charge in [-0.25, -0.2) is 4.57 Å². The summed E-state index contributed by atoms with van der Waals surface area (Å²) in [7, 11) is -4.37. The van der Waals surface area contributed by atoms with Gasteiger partial charge in [-0.1, -0.05) is 167 Å². The van der Waals surface area contributed by atoms with Crippen molar-refractivity contribution in [1.82, 2.24) is 0 Å². The molecule has 0 aromatic heterocycles. The van der Waals surface area contributed by atoms with Crippen molar-refractivity contribution >= 4 is 19.8 Å². The number of carbonyl (C=O) groups is 2. The van der Waals surface area contributed by atoms with Crippen molar-refractivity contribution in [1.29, 1.82) is 0 Å². The lowest BCUT2D eigenvalue weighted by atomic mass is 10.0. The molecule has 0 saturated heterocycles. The average molecular weight is 758 g/mol. The van der Waals surface area contributed by atoms with E-state index in [0.29, 0.717) is 6.42 Å². The van der Waals surface area contributed by atoms with E-state index in [4.69, 9.17) is 24.3 Å². The maximum absolute atomic E-state index is 12.6. The molecule has 2 atom stereocenters. The Kier molecular flexibility index (Phi) is 38.1. The van der Waals surface area contributed by atoms with Crippen LogP contribution in [0.25, 0.3) is 0 Å². The summed E-state index contributed by atoms with van der Waals surface area (Å²) in [5, 5.41) is 0. The molecule has 0 spiro atoms. The van der Waals surface area contributed by atoms with Gasteiger partial charge in [0.2, 0.25) is 0 Å². The summed E-state index contributed by atoms with van der Waals surface area (Å²) in [4.78, 5) is 34.8. The van der Waals surface area contributed by atoms with Crippen molar-refractivity contribution in [2.45, 2.75) is 206 Å². The Morgan fingerprint density at radius 1 is 0.577 bits per heavy atom. The topological polar surface area (TPSA) is 134 Å². The fourth-order valence-electron chi connectivity index (χ4n) is 5.90. The highest BCUT2D eigenvalue weighted by Crippen LogP contribution is 2.43. The molecule has 9 nitrogen and oxygen atoms in total. The van der Waals surface area contributed by atoms with E-state index in [9.17, 15) is 19.0 Å². The summed E-state index contributed by atoms with van der Waals surface area (Å²) in [6.07, 6.45) is 40.6. The summed E-state index contributed by atoms with van der Waals surface area (Å²) >= 11 is 0. The van der Waals surface area contributed by atoms with Gasteiger partial charge >= 0.3 is 19.8 Å². The Bertz CT molecular complexity index is 912. The molecule has 10 heteroatoms. The van der Waals surface area contributed by atoms with E-state index in [1.807, 2.05) is 0 Å². The van der Waals surface area contributed by atoms with Crippen LogP contribution in [0.5, 0.6) is 0 Å². The Morgan fingerprint density at radius 2 is 1.00 bits per heavy atom. The number of hydrogen-bond acceptors (Lipinski definition) is 8. The maximum atomic E-state index is 12.6. The minimum Gasteiger partial charge on any atom is -0.462 e. The number of nitrogens with two attached hydrogens (primary N) is 1. The Morgan fingerprint density at radius 3 is 1.50 bits per heavy atom. The molecule has 3 N–H and O–H groups in total. The van der Waals surface area contributed by atoms with Crippen molar-refractivity contribution < 1.29 is 37.6 Å². The quantitative estimate of drug-likeness (QED) is 0.0271. The van der Waals surface area contributed by atoms with Crippen molar-refractivity contribution in [3.05, 3.63) is 24.3 Å². The minimum atomic E-state index is -4.37. The standard InChI is InChI=1S/C42H80NO8P/c1-3-5-7-9-11-13-15-17-18-19-20-21-22-23-25-27-29-31-33-35-42(45)51-40(39-50-52(46,47)49-37-36-43)38-48-41(44)34-32-30-28-26-24-16-14-12-10-8-6-4-2/h11,13,17-18,40H,3-10,12,14-16,19-39,43H2,1-2H3,(H,46,47)/t40-/m1/s1. The van der Waals surface area contributed by atoms with Gasteiger partial charge in [-0.05, 0) is 44.9 Å². The van der Waals surface area contributed by atoms with Gasteiger partial charge in [-0.2, -0.15) is 0 Å². The highest BCUT2D eigenvalue weighted by atomic mass is 31.2. The molecule has 1 unspecified atom stereocenters. The van der Waals surface area contributed by atoms with Gasteiger partial charge in [0.25, 0.3) is 0 Å².